The van der Waals surface area contributed by atoms with E-state index in [1.165, 1.54) is 0 Å². The largest absolute Gasteiger partial charge is 0.394 e. The molecule has 1 aliphatic heterocycles. The van der Waals surface area contributed by atoms with Gasteiger partial charge in [-0.15, -0.1) is 6.42 Å². The SMILES string of the molecule is C#CCO[C@@H]1OC(CO)[C@H](O)[C@@H](O)C1O. The highest BCUT2D eigenvalue weighted by atomic mass is 16.7. The summed E-state index contributed by atoms with van der Waals surface area (Å²) < 4.78 is 9.91. The molecule has 0 saturated carbocycles. The minimum Gasteiger partial charge on any atom is -0.394 e. The number of rotatable bonds is 3. The van der Waals surface area contributed by atoms with Crippen molar-refractivity contribution in [2.24, 2.45) is 0 Å². The van der Waals surface area contributed by atoms with E-state index in [0.29, 0.717) is 0 Å². The molecule has 0 spiro atoms. The highest BCUT2D eigenvalue weighted by molar-refractivity contribution is 4.90. The first-order valence-corrected chi connectivity index (χ1v) is 4.47. The van der Waals surface area contributed by atoms with E-state index in [9.17, 15) is 15.3 Å². The van der Waals surface area contributed by atoms with Crippen LogP contribution in [0.4, 0.5) is 0 Å². The lowest BCUT2D eigenvalue weighted by atomic mass is 9.99. The first-order valence-electron chi connectivity index (χ1n) is 4.47. The molecule has 1 fully saturated rings. The molecule has 0 radical (unpaired) electrons. The standard InChI is InChI=1S/C9H14O6/c1-2-3-14-9-8(13)7(12)6(11)5(4-10)15-9/h1,5-13H,3-4H2/t5?,6-,7+,8?,9+/m0/s1. The zero-order valence-corrected chi connectivity index (χ0v) is 7.98. The molecule has 5 atom stereocenters. The minimum absolute atomic E-state index is 0.0946. The Hall–Kier alpha value is -0.680. The summed E-state index contributed by atoms with van der Waals surface area (Å²) in [4.78, 5) is 0. The summed E-state index contributed by atoms with van der Waals surface area (Å²) in [7, 11) is 0. The maximum absolute atomic E-state index is 9.44. The zero-order chi connectivity index (χ0) is 11.4. The molecule has 1 aliphatic rings. The van der Waals surface area contributed by atoms with Gasteiger partial charge < -0.3 is 29.9 Å². The average molecular weight is 218 g/mol. The van der Waals surface area contributed by atoms with Gasteiger partial charge in [0.1, 0.15) is 31.0 Å². The van der Waals surface area contributed by atoms with Crippen molar-refractivity contribution in [2.45, 2.75) is 30.7 Å². The molecule has 0 bridgehead atoms. The van der Waals surface area contributed by atoms with Gasteiger partial charge in [0.2, 0.25) is 0 Å². The Morgan fingerprint density at radius 1 is 1.20 bits per heavy atom. The van der Waals surface area contributed by atoms with Gasteiger partial charge in [-0.2, -0.15) is 0 Å². The maximum Gasteiger partial charge on any atom is 0.187 e. The molecule has 1 saturated heterocycles. The monoisotopic (exact) mass is 218 g/mol. The van der Waals surface area contributed by atoms with Crippen molar-refractivity contribution in [2.75, 3.05) is 13.2 Å². The fraction of sp³-hybridized carbons (Fsp3) is 0.778. The third-order valence-corrected chi connectivity index (χ3v) is 2.18. The van der Waals surface area contributed by atoms with Crippen molar-refractivity contribution in [3.05, 3.63) is 0 Å². The molecule has 0 amide bonds. The van der Waals surface area contributed by atoms with E-state index in [2.05, 4.69) is 5.92 Å². The van der Waals surface area contributed by atoms with E-state index in [1.807, 2.05) is 0 Å². The summed E-state index contributed by atoms with van der Waals surface area (Å²) in [5.41, 5.74) is 0. The molecule has 4 N–H and O–H groups in total. The number of aliphatic hydroxyl groups is 4. The number of hydrogen-bond donors (Lipinski definition) is 4. The molecule has 1 rings (SSSR count). The predicted octanol–water partition coefficient (Wildman–Crippen LogP) is -2.56. The fourth-order valence-electron chi connectivity index (χ4n) is 1.34. The van der Waals surface area contributed by atoms with Crippen LogP contribution >= 0.6 is 0 Å². The minimum atomic E-state index is -1.43. The summed E-state index contributed by atoms with van der Waals surface area (Å²) >= 11 is 0. The second-order valence-electron chi connectivity index (χ2n) is 3.21. The Kier molecular flexibility index (Phi) is 4.47. The van der Waals surface area contributed by atoms with Crippen LogP contribution in [0.1, 0.15) is 0 Å². The van der Waals surface area contributed by atoms with Crippen LogP contribution in [0.15, 0.2) is 0 Å². The molecule has 6 nitrogen and oxygen atoms in total. The van der Waals surface area contributed by atoms with E-state index in [1.54, 1.807) is 0 Å². The van der Waals surface area contributed by atoms with Crippen LogP contribution in [-0.4, -0.2) is 64.3 Å². The van der Waals surface area contributed by atoms with Crippen LogP contribution < -0.4 is 0 Å². The van der Waals surface area contributed by atoms with Crippen LogP contribution in [-0.2, 0) is 9.47 Å². The second kappa shape index (κ2) is 5.42. The van der Waals surface area contributed by atoms with Gasteiger partial charge in [0, 0.05) is 0 Å². The lowest BCUT2D eigenvalue weighted by molar-refractivity contribution is -0.298. The topological polar surface area (TPSA) is 99.4 Å². The maximum atomic E-state index is 9.44. The molecular weight excluding hydrogens is 204 g/mol. The lowest BCUT2D eigenvalue weighted by Gasteiger charge is -2.39. The van der Waals surface area contributed by atoms with E-state index >= 15 is 0 Å². The van der Waals surface area contributed by atoms with Gasteiger partial charge in [-0.1, -0.05) is 5.92 Å². The number of ether oxygens (including phenoxy) is 2. The van der Waals surface area contributed by atoms with Crippen LogP contribution in [0.25, 0.3) is 0 Å². The molecule has 15 heavy (non-hydrogen) atoms. The van der Waals surface area contributed by atoms with Gasteiger partial charge in [0.15, 0.2) is 6.29 Å². The van der Waals surface area contributed by atoms with Crippen LogP contribution in [0.5, 0.6) is 0 Å². The average Bonchev–Trinajstić information content (AvgIpc) is 2.25. The van der Waals surface area contributed by atoms with Crippen LogP contribution in [0.2, 0.25) is 0 Å². The van der Waals surface area contributed by atoms with Crippen LogP contribution in [0.3, 0.4) is 0 Å². The highest BCUT2D eigenvalue weighted by Crippen LogP contribution is 2.21. The molecular formula is C9H14O6. The molecule has 0 aromatic carbocycles. The smallest absolute Gasteiger partial charge is 0.187 e. The molecule has 1 heterocycles. The Bertz CT molecular complexity index is 235. The Labute approximate surface area is 87.1 Å². The van der Waals surface area contributed by atoms with Crippen LogP contribution in [0, 0.1) is 12.3 Å². The van der Waals surface area contributed by atoms with Crippen molar-refractivity contribution < 1.29 is 29.9 Å². The quantitative estimate of drug-likeness (QED) is 0.389. The summed E-state index contributed by atoms with van der Waals surface area (Å²) in [5.74, 6) is 2.17. The summed E-state index contributed by atoms with van der Waals surface area (Å²) in [6.45, 7) is -0.580. The van der Waals surface area contributed by atoms with Gasteiger partial charge >= 0.3 is 0 Å². The van der Waals surface area contributed by atoms with Gasteiger partial charge in [-0.05, 0) is 0 Å². The van der Waals surface area contributed by atoms with Crippen molar-refractivity contribution in [1.29, 1.82) is 0 Å². The lowest BCUT2D eigenvalue weighted by Crippen LogP contribution is -2.59. The summed E-state index contributed by atoms with van der Waals surface area (Å²) in [6.07, 6.45) is -1.36. The Balaban J connectivity index is 2.62. The van der Waals surface area contributed by atoms with Crippen molar-refractivity contribution >= 4 is 0 Å². The van der Waals surface area contributed by atoms with Gasteiger partial charge in [-0.3, -0.25) is 0 Å². The van der Waals surface area contributed by atoms with Gasteiger partial charge in [0.05, 0.1) is 6.61 Å². The van der Waals surface area contributed by atoms with E-state index in [-0.39, 0.29) is 6.61 Å². The number of terminal acetylenes is 1. The first-order chi connectivity index (χ1) is 7.11. The third kappa shape index (κ3) is 2.66. The van der Waals surface area contributed by atoms with Crippen molar-refractivity contribution in [3.63, 3.8) is 0 Å². The number of aliphatic hydroxyl groups excluding tert-OH is 4. The molecule has 86 valence electrons. The summed E-state index contributed by atoms with van der Waals surface area (Å²) in [6, 6.07) is 0. The second-order valence-corrected chi connectivity index (χ2v) is 3.21. The third-order valence-electron chi connectivity index (χ3n) is 2.18. The van der Waals surface area contributed by atoms with Crippen molar-refractivity contribution in [1.82, 2.24) is 0 Å². The molecule has 6 heteroatoms. The van der Waals surface area contributed by atoms with Crippen molar-refractivity contribution in [3.8, 4) is 12.3 Å². The van der Waals surface area contributed by atoms with Gasteiger partial charge in [-0.25, -0.2) is 0 Å². The fourth-order valence-corrected chi connectivity index (χ4v) is 1.34. The molecule has 2 unspecified atom stereocenters. The Morgan fingerprint density at radius 2 is 1.87 bits per heavy atom. The highest BCUT2D eigenvalue weighted by Gasteiger charge is 2.43. The predicted molar refractivity (Wildman–Crippen MR) is 48.6 cm³/mol. The molecule has 0 aromatic rings. The van der Waals surface area contributed by atoms with E-state index < -0.39 is 37.3 Å². The zero-order valence-electron chi connectivity index (χ0n) is 7.98. The molecule has 0 aromatic heterocycles. The van der Waals surface area contributed by atoms with Gasteiger partial charge in [0.25, 0.3) is 0 Å². The Morgan fingerprint density at radius 3 is 2.40 bits per heavy atom. The first kappa shape index (κ1) is 12.4. The normalized spacial score (nSPS) is 41.1. The number of hydrogen-bond acceptors (Lipinski definition) is 6. The molecule has 0 aliphatic carbocycles. The van der Waals surface area contributed by atoms with E-state index in [0.717, 1.165) is 0 Å². The summed E-state index contributed by atoms with van der Waals surface area (Å²) in [5, 5.41) is 37.0. The van der Waals surface area contributed by atoms with E-state index in [4.69, 9.17) is 21.0 Å².